The van der Waals surface area contributed by atoms with Crippen LogP contribution in [0.25, 0.3) is 0 Å². The molecule has 0 amide bonds. The first-order chi connectivity index (χ1) is 8.91. The van der Waals surface area contributed by atoms with E-state index in [4.69, 9.17) is 0 Å². The number of carbonyl (C=O) groups excluding carboxylic acids is 1. The second kappa shape index (κ2) is 4.96. The maximum Gasteiger partial charge on any atom is 0.417 e. The molecule has 1 aromatic carbocycles. The molecule has 0 bridgehead atoms. The van der Waals surface area contributed by atoms with Crippen LogP contribution < -0.4 is 5.32 Å². The zero-order chi connectivity index (χ0) is 14.1. The highest BCUT2D eigenvalue weighted by atomic mass is 19.4. The summed E-state index contributed by atoms with van der Waals surface area (Å²) in [4.78, 5) is 12.5. The summed E-state index contributed by atoms with van der Waals surface area (Å²) in [5.74, 6) is -0.395. The third kappa shape index (κ3) is 2.52. The van der Waals surface area contributed by atoms with Crippen LogP contribution in [0, 0.1) is 5.41 Å². The van der Waals surface area contributed by atoms with Crippen molar-refractivity contribution >= 4 is 5.78 Å². The van der Waals surface area contributed by atoms with Crippen LogP contribution in [0.4, 0.5) is 13.2 Å². The quantitative estimate of drug-likeness (QED) is 0.855. The lowest BCUT2D eigenvalue weighted by Crippen LogP contribution is -2.34. The van der Waals surface area contributed by atoms with Crippen molar-refractivity contribution in [2.45, 2.75) is 25.9 Å². The fourth-order valence-electron chi connectivity index (χ4n) is 2.61. The smallest absolute Gasteiger partial charge is 0.316 e. The number of ketones is 1. The Morgan fingerprint density at radius 1 is 1.37 bits per heavy atom. The van der Waals surface area contributed by atoms with Crippen LogP contribution in [0.5, 0.6) is 0 Å². The normalized spacial score (nSPS) is 23.6. The summed E-state index contributed by atoms with van der Waals surface area (Å²) < 4.78 is 38.9. The van der Waals surface area contributed by atoms with Crippen LogP contribution in [0.15, 0.2) is 24.3 Å². The Morgan fingerprint density at radius 2 is 2.05 bits per heavy atom. The highest BCUT2D eigenvalue weighted by Gasteiger charge is 2.43. The molecular weight excluding hydrogens is 255 g/mol. The van der Waals surface area contributed by atoms with Crippen LogP contribution in [0.3, 0.4) is 0 Å². The van der Waals surface area contributed by atoms with Crippen LogP contribution >= 0.6 is 0 Å². The molecule has 104 valence electrons. The van der Waals surface area contributed by atoms with E-state index in [1.807, 2.05) is 6.92 Å². The average molecular weight is 271 g/mol. The molecule has 0 aromatic heterocycles. The number of carbonyl (C=O) groups is 1. The van der Waals surface area contributed by atoms with E-state index in [2.05, 4.69) is 5.32 Å². The summed E-state index contributed by atoms with van der Waals surface area (Å²) in [6.07, 6.45) is -3.35. The Balaban J connectivity index is 2.45. The third-order valence-corrected chi connectivity index (χ3v) is 3.88. The van der Waals surface area contributed by atoms with Crippen molar-refractivity contribution in [3.63, 3.8) is 0 Å². The van der Waals surface area contributed by atoms with E-state index in [0.717, 1.165) is 6.07 Å². The monoisotopic (exact) mass is 271 g/mol. The molecule has 1 saturated heterocycles. The van der Waals surface area contributed by atoms with Crippen molar-refractivity contribution in [2.24, 2.45) is 5.41 Å². The largest absolute Gasteiger partial charge is 0.417 e. The first-order valence-corrected chi connectivity index (χ1v) is 6.32. The molecule has 1 aromatic rings. The maximum absolute atomic E-state index is 13.0. The van der Waals surface area contributed by atoms with Crippen molar-refractivity contribution in [1.29, 1.82) is 0 Å². The summed E-state index contributed by atoms with van der Waals surface area (Å²) in [6.45, 7) is 2.98. The van der Waals surface area contributed by atoms with E-state index >= 15 is 0 Å². The minimum absolute atomic E-state index is 0.208. The molecule has 1 heterocycles. The van der Waals surface area contributed by atoms with Crippen LogP contribution in [-0.4, -0.2) is 18.9 Å². The van der Waals surface area contributed by atoms with E-state index in [0.29, 0.717) is 25.9 Å². The van der Waals surface area contributed by atoms with E-state index in [1.54, 1.807) is 0 Å². The summed E-state index contributed by atoms with van der Waals surface area (Å²) >= 11 is 0. The Kier molecular flexibility index (Phi) is 3.67. The Hall–Kier alpha value is -1.36. The van der Waals surface area contributed by atoms with Crippen molar-refractivity contribution in [1.82, 2.24) is 5.32 Å². The van der Waals surface area contributed by atoms with Crippen molar-refractivity contribution < 1.29 is 18.0 Å². The molecule has 1 atom stereocenters. The molecule has 0 radical (unpaired) electrons. The van der Waals surface area contributed by atoms with Gasteiger partial charge in [-0.2, -0.15) is 13.2 Å². The first kappa shape index (κ1) is 14.1. The highest BCUT2D eigenvalue weighted by Crippen LogP contribution is 2.38. The van der Waals surface area contributed by atoms with E-state index in [-0.39, 0.29) is 5.56 Å². The summed E-state index contributed by atoms with van der Waals surface area (Å²) in [5, 5.41) is 3.07. The number of alkyl halides is 3. The van der Waals surface area contributed by atoms with Gasteiger partial charge in [0.25, 0.3) is 0 Å². The second-order valence-electron chi connectivity index (χ2n) is 4.93. The number of Topliss-reactive ketones (excluding diaryl/α,β-unsaturated/α-hetero) is 1. The maximum atomic E-state index is 13.0. The average Bonchev–Trinajstić information content (AvgIpc) is 2.87. The number of rotatable bonds is 3. The molecule has 5 heteroatoms. The lowest BCUT2D eigenvalue weighted by molar-refractivity contribution is -0.138. The van der Waals surface area contributed by atoms with Crippen molar-refractivity contribution in [3.8, 4) is 0 Å². The molecule has 19 heavy (non-hydrogen) atoms. The molecule has 1 unspecified atom stereocenters. The SMILES string of the molecule is CCC1(C(=O)c2ccccc2C(F)(F)F)CCNC1. The van der Waals surface area contributed by atoms with Crippen LogP contribution in [0.1, 0.15) is 35.7 Å². The number of nitrogens with one attached hydrogen (secondary N) is 1. The Morgan fingerprint density at radius 3 is 2.58 bits per heavy atom. The lowest BCUT2D eigenvalue weighted by atomic mass is 9.76. The van der Waals surface area contributed by atoms with Gasteiger partial charge >= 0.3 is 6.18 Å². The fourth-order valence-corrected chi connectivity index (χ4v) is 2.61. The standard InChI is InChI=1S/C14H16F3NO/c1-2-13(7-8-18-9-13)12(19)10-5-3-4-6-11(10)14(15,16)17/h3-6,18H,2,7-9H2,1H3. The molecule has 2 rings (SSSR count). The minimum atomic E-state index is -4.49. The van der Waals surface area contributed by atoms with Gasteiger partial charge in [-0.1, -0.05) is 25.1 Å². The molecule has 1 aliphatic heterocycles. The molecule has 1 aliphatic rings. The Labute approximate surface area is 110 Å². The highest BCUT2D eigenvalue weighted by molar-refractivity contribution is 6.02. The minimum Gasteiger partial charge on any atom is -0.316 e. The van der Waals surface area contributed by atoms with Gasteiger partial charge in [-0.05, 0) is 25.5 Å². The molecule has 0 aliphatic carbocycles. The van der Waals surface area contributed by atoms with E-state index in [1.165, 1.54) is 18.2 Å². The number of benzene rings is 1. The predicted octanol–water partition coefficient (Wildman–Crippen LogP) is 3.28. The van der Waals surface area contributed by atoms with Gasteiger partial charge in [-0.3, -0.25) is 4.79 Å². The number of hydrogen-bond acceptors (Lipinski definition) is 2. The number of halogens is 3. The van der Waals surface area contributed by atoms with Gasteiger partial charge in [0.15, 0.2) is 5.78 Å². The first-order valence-electron chi connectivity index (χ1n) is 6.32. The molecule has 0 saturated carbocycles. The van der Waals surface area contributed by atoms with Gasteiger partial charge in [-0.25, -0.2) is 0 Å². The molecule has 1 fully saturated rings. The zero-order valence-corrected chi connectivity index (χ0v) is 10.7. The van der Waals surface area contributed by atoms with Crippen molar-refractivity contribution in [3.05, 3.63) is 35.4 Å². The van der Waals surface area contributed by atoms with Gasteiger partial charge in [-0.15, -0.1) is 0 Å². The predicted molar refractivity (Wildman–Crippen MR) is 66.0 cm³/mol. The third-order valence-electron chi connectivity index (χ3n) is 3.88. The van der Waals surface area contributed by atoms with Gasteiger partial charge in [0.1, 0.15) is 0 Å². The topological polar surface area (TPSA) is 29.1 Å². The van der Waals surface area contributed by atoms with Gasteiger partial charge in [0.05, 0.1) is 5.56 Å². The summed E-state index contributed by atoms with van der Waals surface area (Å²) in [6, 6.07) is 5.04. The summed E-state index contributed by atoms with van der Waals surface area (Å²) in [5.41, 5.74) is -1.73. The fraction of sp³-hybridized carbons (Fsp3) is 0.500. The van der Waals surface area contributed by atoms with E-state index in [9.17, 15) is 18.0 Å². The molecule has 2 nitrogen and oxygen atoms in total. The summed E-state index contributed by atoms with van der Waals surface area (Å²) in [7, 11) is 0. The molecular formula is C14H16F3NO. The van der Waals surface area contributed by atoms with Crippen molar-refractivity contribution in [2.75, 3.05) is 13.1 Å². The number of hydrogen-bond donors (Lipinski definition) is 1. The lowest BCUT2D eigenvalue weighted by Gasteiger charge is -2.26. The Bertz CT molecular complexity index is 476. The van der Waals surface area contributed by atoms with Gasteiger partial charge in [0.2, 0.25) is 0 Å². The molecule has 0 spiro atoms. The van der Waals surface area contributed by atoms with Gasteiger partial charge in [0, 0.05) is 17.5 Å². The molecule has 1 N–H and O–H groups in total. The van der Waals surface area contributed by atoms with Crippen LogP contribution in [-0.2, 0) is 6.18 Å². The van der Waals surface area contributed by atoms with Crippen LogP contribution in [0.2, 0.25) is 0 Å². The van der Waals surface area contributed by atoms with Gasteiger partial charge < -0.3 is 5.32 Å². The van der Waals surface area contributed by atoms with E-state index < -0.39 is 22.9 Å². The second-order valence-corrected chi connectivity index (χ2v) is 4.93. The zero-order valence-electron chi connectivity index (χ0n) is 10.7.